The van der Waals surface area contributed by atoms with Crippen molar-refractivity contribution in [1.29, 1.82) is 0 Å². The molecule has 0 bridgehead atoms. The minimum absolute atomic E-state index is 0.154. The van der Waals surface area contributed by atoms with Crippen LogP contribution in [0.1, 0.15) is 0 Å². The fourth-order valence-corrected chi connectivity index (χ4v) is 1.49. The largest absolute Gasteiger partial charge is 0.504 e. The third-order valence-corrected chi connectivity index (χ3v) is 2.36. The maximum atomic E-state index is 11.6. The lowest BCUT2D eigenvalue weighted by Crippen LogP contribution is -2.19. The molecule has 0 saturated carbocycles. The number of aromatic hydroxyl groups is 3. The minimum atomic E-state index is -0.631. The molecule has 0 aliphatic heterocycles. The van der Waals surface area contributed by atoms with Crippen LogP contribution >= 0.6 is 0 Å². The van der Waals surface area contributed by atoms with E-state index in [4.69, 9.17) is 0 Å². The Morgan fingerprint density at radius 3 is 1.95 bits per heavy atom. The molecule has 0 heterocycles. The Balaban J connectivity index is 2.07. The summed E-state index contributed by atoms with van der Waals surface area (Å²) in [6.45, 7) is 0. The van der Waals surface area contributed by atoms with Crippen LogP contribution in [0.25, 0.3) is 0 Å². The first kappa shape index (κ1) is 12.6. The highest BCUT2D eigenvalue weighted by molar-refractivity contribution is 6.00. The number of anilines is 2. The molecule has 6 heteroatoms. The monoisotopic (exact) mass is 260 g/mol. The molecule has 0 radical (unpaired) electrons. The van der Waals surface area contributed by atoms with E-state index >= 15 is 0 Å². The zero-order valence-electron chi connectivity index (χ0n) is 9.79. The first-order valence-electron chi connectivity index (χ1n) is 5.44. The van der Waals surface area contributed by atoms with Crippen LogP contribution in [0.15, 0.2) is 42.5 Å². The molecule has 0 aliphatic carbocycles. The minimum Gasteiger partial charge on any atom is -0.504 e. The molecule has 2 amide bonds. The molecule has 0 aliphatic rings. The number of phenols is 3. The molecule has 5 N–H and O–H groups in total. The third-order valence-electron chi connectivity index (χ3n) is 2.36. The van der Waals surface area contributed by atoms with Crippen LogP contribution in [0.3, 0.4) is 0 Å². The van der Waals surface area contributed by atoms with Gasteiger partial charge in [0, 0.05) is 17.8 Å². The number of carbonyl (C=O) groups is 1. The number of rotatable bonds is 2. The van der Waals surface area contributed by atoms with Gasteiger partial charge in [-0.25, -0.2) is 4.79 Å². The first-order valence-corrected chi connectivity index (χ1v) is 5.44. The molecular weight excluding hydrogens is 248 g/mol. The first-order chi connectivity index (χ1) is 9.06. The maximum Gasteiger partial charge on any atom is 0.323 e. The van der Waals surface area contributed by atoms with Gasteiger partial charge in [0.1, 0.15) is 0 Å². The normalized spacial score (nSPS) is 9.89. The molecule has 6 nitrogen and oxygen atoms in total. The standard InChI is InChI=1S/C13H12N2O4/c16-10-6-9(7-11(17)12(10)18)15-13(19)14-8-4-2-1-3-5-8/h1-7,16-18H,(H2,14,15,19). The van der Waals surface area contributed by atoms with E-state index in [2.05, 4.69) is 10.6 Å². The van der Waals surface area contributed by atoms with Crippen molar-refractivity contribution in [3.63, 3.8) is 0 Å². The predicted molar refractivity (Wildman–Crippen MR) is 70.5 cm³/mol. The number of urea groups is 1. The second-order valence-electron chi connectivity index (χ2n) is 3.81. The molecule has 2 aromatic carbocycles. The van der Waals surface area contributed by atoms with Crippen molar-refractivity contribution in [2.24, 2.45) is 0 Å². The van der Waals surface area contributed by atoms with Gasteiger partial charge < -0.3 is 26.0 Å². The van der Waals surface area contributed by atoms with Crippen molar-refractivity contribution in [3.05, 3.63) is 42.5 Å². The van der Waals surface area contributed by atoms with Gasteiger partial charge in [-0.05, 0) is 12.1 Å². The number of benzene rings is 2. The molecule has 0 saturated heterocycles. The van der Waals surface area contributed by atoms with Crippen LogP contribution < -0.4 is 10.6 Å². The lowest BCUT2D eigenvalue weighted by molar-refractivity contribution is 0.262. The number of hydrogen-bond donors (Lipinski definition) is 5. The molecule has 2 rings (SSSR count). The van der Waals surface area contributed by atoms with Crippen LogP contribution in [0.5, 0.6) is 17.2 Å². The van der Waals surface area contributed by atoms with Gasteiger partial charge in [-0.15, -0.1) is 0 Å². The lowest BCUT2D eigenvalue weighted by atomic mass is 10.2. The van der Waals surface area contributed by atoms with Gasteiger partial charge in [0.2, 0.25) is 0 Å². The molecule has 0 aromatic heterocycles. The van der Waals surface area contributed by atoms with Crippen LogP contribution in [0.4, 0.5) is 16.2 Å². The number of nitrogens with one attached hydrogen (secondary N) is 2. The van der Waals surface area contributed by atoms with Gasteiger partial charge in [-0.2, -0.15) is 0 Å². The Morgan fingerprint density at radius 2 is 1.37 bits per heavy atom. The van der Waals surface area contributed by atoms with Crippen LogP contribution in [-0.2, 0) is 0 Å². The van der Waals surface area contributed by atoms with E-state index in [0.717, 1.165) is 12.1 Å². The lowest BCUT2D eigenvalue weighted by Gasteiger charge is -2.09. The average Bonchev–Trinajstić information content (AvgIpc) is 2.37. The Labute approximate surface area is 108 Å². The predicted octanol–water partition coefficient (Wildman–Crippen LogP) is 2.45. The maximum absolute atomic E-state index is 11.6. The number of phenolic OH excluding ortho intramolecular Hbond substituents is 3. The zero-order chi connectivity index (χ0) is 13.8. The Bertz CT molecular complexity index is 576. The molecule has 0 atom stereocenters. The molecular formula is C13H12N2O4. The highest BCUT2D eigenvalue weighted by Gasteiger charge is 2.10. The summed E-state index contributed by atoms with van der Waals surface area (Å²) < 4.78 is 0. The van der Waals surface area contributed by atoms with E-state index in [-0.39, 0.29) is 5.69 Å². The van der Waals surface area contributed by atoms with E-state index in [1.807, 2.05) is 6.07 Å². The van der Waals surface area contributed by atoms with Crippen molar-refractivity contribution in [1.82, 2.24) is 0 Å². The molecule has 0 spiro atoms. The summed E-state index contributed by atoms with van der Waals surface area (Å²) in [5.41, 5.74) is 0.758. The van der Waals surface area contributed by atoms with Gasteiger partial charge >= 0.3 is 6.03 Å². The molecule has 2 aromatic rings. The Morgan fingerprint density at radius 1 is 0.842 bits per heavy atom. The smallest absolute Gasteiger partial charge is 0.323 e. The van der Waals surface area contributed by atoms with Gasteiger partial charge in [0.05, 0.1) is 5.69 Å². The second-order valence-corrected chi connectivity index (χ2v) is 3.81. The van der Waals surface area contributed by atoms with Gasteiger partial charge in [-0.3, -0.25) is 0 Å². The summed E-state index contributed by atoms with van der Waals surface area (Å²) in [5.74, 6) is -1.67. The quantitative estimate of drug-likeness (QED) is 0.422. The number of amides is 2. The van der Waals surface area contributed by atoms with E-state index in [1.54, 1.807) is 24.3 Å². The van der Waals surface area contributed by atoms with Crippen molar-refractivity contribution >= 4 is 17.4 Å². The zero-order valence-corrected chi connectivity index (χ0v) is 9.79. The Kier molecular flexibility index (Phi) is 3.42. The van der Waals surface area contributed by atoms with Crippen molar-refractivity contribution < 1.29 is 20.1 Å². The summed E-state index contributed by atoms with van der Waals surface area (Å²) in [4.78, 5) is 11.6. The molecule has 0 unspecified atom stereocenters. The van der Waals surface area contributed by atoms with Gasteiger partial charge in [0.15, 0.2) is 17.2 Å². The number of carbonyl (C=O) groups excluding carboxylic acids is 1. The van der Waals surface area contributed by atoms with Gasteiger partial charge in [-0.1, -0.05) is 18.2 Å². The van der Waals surface area contributed by atoms with E-state index in [0.29, 0.717) is 5.69 Å². The fraction of sp³-hybridized carbons (Fsp3) is 0. The van der Waals surface area contributed by atoms with Crippen LogP contribution in [0, 0.1) is 0 Å². The summed E-state index contributed by atoms with van der Waals surface area (Å²) in [5, 5.41) is 32.8. The SMILES string of the molecule is O=C(Nc1ccccc1)Nc1cc(O)c(O)c(O)c1. The summed E-state index contributed by atoms with van der Waals surface area (Å²) >= 11 is 0. The summed E-state index contributed by atoms with van der Waals surface area (Å²) in [6.07, 6.45) is 0. The summed E-state index contributed by atoms with van der Waals surface area (Å²) in [6, 6.07) is 10.5. The molecule has 98 valence electrons. The number of hydrogen-bond acceptors (Lipinski definition) is 4. The van der Waals surface area contributed by atoms with E-state index < -0.39 is 23.3 Å². The van der Waals surface area contributed by atoms with Crippen molar-refractivity contribution in [2.45, 2.75) is 0 Å². The highest BCUT2D eigenvalue weighted by atomic mass is 16.3. The van der Waals surface area contributed by atoms with E-state index in [1.165, 1.54) is 0 Å². The Hall–Kier alpha value is -2.89. The van der Waals surface area contributed by atoms with Crippen LogP contribution in [0.2, 0.25) is 0 Å². The van der Waals surface area contributed by atoms with Crippen LogP contribution in [-0.4, -0.2) is 21.4 Å². The van der Waals surface area contributed by atoms with Crippen molar-refractivity contribution in [3.8, 4) is 17.2 Å². The summed E-state index contributed by atoms with van der Waals surface area (Å²) in [7, 11) is 0. The average molecular weight is 260 g/mol. The number of para-hydroxylation sites is 1. The van der Waals surface area contributed by atoms with E-state index in [9.17, 15) is 20.1 Å². The second kappa shape index (κ2) is 5.18. The fourth-order valence-electron chi connectivity index (χ4n) is 1.49. The van der Waals surface area contributed by atoms with Gasteiger partial charge in [0.25, 0.3) is 0 Å². The highest BCUT2D eigenvalue weighted by Crippen LogP contribution is 2.37. The third kappa shape index (κ3) is 3.06. The molecule has 0 fully saturated rings. The molecule has 19 heavy (non-hydrogen) atoms. The topological polar surface area (TPSA) is 102 Å². The van der Waals surface area contributed by atoms with Crippen molar-refractivity contribution in [2.75, 3.05) is 10.6 Å².